The van der Waals surface area contributed by atoms with Gasteiger partial charge in [-0.05, 0) is 0 Å². The predicted molar refractivity (Wildman–Crippen MR) is 29.4 cm³/mol. The Labute approximate surface area is 94.9 Å². The van der Waals surface area contributed by atoms with Crippen LogP contribution in [0, 0.1) is 0 Å². The van der Waals surface area contributed by atoms with Gasteiger partial charge in [-0.1, -0.05) is 0 Å². The van der Waals surface area contributed by atoms with E-state index < -0.39 is 14.5 Å². The van der Waals surface area contributed by atoms with Gasteiger partial charge >= 0.3 is 37.3 Å². The summed E-state index contributed by atoms with van der Waals surface area (Å²) in [5, 5.41) is 0. The molecule has 2 radical (unpaired) electrons. The summed E-state index contributed by atoms with van der Waals surface area (Å²) in [5.41, 5.74) is 0. The normalized spacial score (nSPS) is 8.88. The molecule has 0 aromatic rings. The zero-order valence-corrected chi connectivity index (χ0v) is 11.0. The Balaban J connectivity index is -0.000000125. The summed E-state index contributed by atoms with van der Waals surface area (Å²) in [7, 11) is 0.972. The average Bonchev–Trinajstić information content (AvgIpc) is 1.35. The van der Waals surface area contributed by atoms with Gasteiger partial charge < -0.3 is 0 Å². The summed E-state index contributed by atoms with van der Waals surface area (Å²) in [5.74, 6) is 0. The molecule has 0 saturated heterocycles. The fraction of sp³-hybridized carbons (Fsp3) is 1.00. The Morgan fingerprint density at radius 1 is 1.38 bits per heavy atom. The van der Waals surface area contributed by atoms with Crippen molar-refractivity contribution in [3.05, 3.63) is 0 Å². The Morgan fingerprint density at radius 3 is 1.50 bits per heavy atom. The van der Waals surface area contributed by atoms with E-state index in [1.54, 1.807) is 0 Å². The van der Waals surface area contributed by atoms with Crippen LogP contribution in [-0.2, 0) is 7.47 Å². The molecular formula is CH5AsNa2O4. The Kier molecular flexibility index (Phi) is 15.3. The van der Waals surface area contributed by atoms with Crippen molar-refractivity contribution in [2.75, 3.05) is 7.11 Å². The minimum atomic E-state index is -4.66. The van der Waals surface area contributed by atoms with Crippen molar-refractivity contribution in [2.45, 2.75) is 0 Å². The first-order valence-corrected chi connectivity index (χ1v) is 4.38. The van der Waals surface area contributed by atoms with Crippen LogP contribution in [0.15, 0.2) is 0 Å². The summed E-state index contributed by atoms with van der Waals surface area (Å²) >= 11 is -4.66. The zero-order valence-electron chi connectivity index (χ0n) is 5.16. The van der Waals surface area contributed by atoms with Gasteiger partial charge in [-0.15, -0.1) is 0 Å². The third kappa shape index (κ3) is 15.7. The number of rotatable bonds is 1. The van der Waals surface area contributed by atoms with Crippen molar-refractivity contribution in [1.82, 2.24) is 0 Å². The molecule has 0 aliphatic heterocycles. The minimum absolute atomic E-state index is 0. The molecule has 0 heterocycles. The van der Waals surface area contributed by atoms with E-state index in [1.807, 2.05) is 0 Å². The Morgan fingerprint density at radius 2 is 1.50 bits per heavy atom. The molecule has 0 amide bonds. The molecule has 0 bridgehead atoms. The summed E-state index contributed by atoms with van der Waals surface area (Å²) in [6.45, 7) is 0. The standard InChI is InChI=1S/CH5AsO4.2Na/c1-6-2(3,4)5;;/h1H3,(H2,3,4,5);;. The van der Waals surface area contributed by atoms with Gasteiger partial charge in [0.1, 0.15) is 0 Å². The number of hydrogen-bond acceptors (Lipinski definition) is 2. The van der Waals surface area contributed by atoms with Crippen LogP contribution in [0.4, 0.5) is 0 Å². The van der Waals surface area contributed by atoms with Crippen LogP contribution in [0.3, 0.4) is 0 Å². The monoisotopic (exact) mass is 202 g/mol. The molecule has 4 nitrogen and oxygen atoms in total. The van der Waals surface area contributed by atoms with E-state index in [4.69, 9.17) is 8.19 Å². The van der Waals surface area contributed by atoms with Crippen molar-refractivity contribution in [3.63, 3.8) is 0 Å². The van der Waals surface area contributed by atoms with Gasteiger partial charge in [-0.25, -0.2) is 0 Å². The minimum Gasteiger partial charge on any atom is 0 e. The van der Waals surface area contributed by atoms with Crippen LogP contribution in [-0.4, -0.2) is 88.9 Å². The third-order valence-corrected chi connectivity index (χ3v) is 1.24. The predicted octanol–water partition coefficient (Wildman–Crippen LogP) is -2.28. The van der Waals surface area contributed by atoms with Crippen LogP contribution in [0.5, 0.6) is 0 Å². The first-order valence-electron chi connectivity index (χ1n) is 1.17. The fourth-order valence-electron chi connectivity index (χ4n) is 0. The average molecular weight is 202 g/mol. The van der Waals surface area contributed by atoms with Crippen LogP contribution in [0.25, 0.3) is 0 Å². The van der Waals surface area contributed by atoms with Gasteiger partial charge in [0.2, 0.25) is 0 Å². The quantitative estimate of drug-likeness (QED) is 0.470. The summed E-state index contributed by atoms with van der Waals surface area (Å²) in [6.07, 6.45) is 0. The molecule has 0 aromatic heterocycles. The summed E-state index contributed by atoms with van der Waals surface area (Å²) < 4.78 is 28.8. The molecule has 0 fully saturated rings. The maximum absolute atomic E-state index is 9.53. The van der Waals surface area contributed by atoms with Gasteiger partial charge in [-0.2, -0.15) is 0 Å². The van der Waals surface area contributed by atoms with Crippen molar-refractivity contribution in [2.24, 2.45) is 0 Å². The molecule has 8 heavy (non-hydrogen) atoms. The molecule has 0 atom stereocenters. The van der Waals surface area contributed by atoms with Crippen molar-refractivity contribution >= 4 is 73.6 Å². The fourth-order valence-corrected chi connectivity index (χ4v) is 0. The maximum atomic E-state index is 9.53. The van der Waals surface area contributed by atoms with Crippen molar-refractivity contribution in [3.8, 4) is 0 Å². The molecule has 40 valence electrons. The second kappa shape index (κ2) is 7.35. The number of hydrogen-bond donors (Lipinski definition) is 2. The van der Waals surface area contributed by atoms with E-state index in [2.05, 4.69) is 3.73 Å². The van der Waals surface area contributed by atoms with Gasteiger partial charge in [0.05, 0.1) is 0 Å². The maximum Gasteiger partial charge on any atom is 0 e. The summed E-state index contributed by atoms with van der Waals surface area (Å²) in [4.78, 5) is 0. The Hall–Kier alpha value is 2.24. The Bertz CT molecular complexity index is 78.1. The topological polar surface area (TPSA) is 66.8 Å². The van der Waals surface area contributed by atoms with Crippen LogP contribution < -0.4 is 0 Å². The van der Waals surface area contributed by atoms with E-state index >= 15 is 0 Å². The molecule has 0 unspecified atom stereocenters. The zero-order chi connectivity index (χ0) is 5.21. The molecule has 0 aliphatic rings. The van der Waals surface area contributed by atoms with Crippen LogP contribution in [0.1, 0.15) is 0 Å². The molecule has 0 aromatic carbocycles. The first kappa shape index (κ1) is 16.7. The molecule has 0 saturated carbocycles. The van der Waals surface area contributed by atoms with Gasteiger partial charge in [-0.3, -0.25) is 0 Å². The van der Waals surface area contributed by atoms with Crippen LogP contribution >= 0.6 is 0 Å². The second-order valence-electron chi connectivity index (χ2n) is 0.673. The van der Waals surface area contributed by atoms with E-state index in [0.717, 1.165) is 7.11 Å². The molecule has 0 rings (SSSR count). The molecule has 0 spiro atoms. The van der Waals surface area contributed by atoms with E-state index in [1.165, 1.54) is 0 Å². The van der Waals surface area contributed by atoms with Gasteiger partial charge in [0, 0.05) is 59.1 Å². The molecule has 7 heteroatoms. The molecule has 2 N–H and O–H groups in total. The summed E-state index contributed by atoms with van der Waals surface area (Å²) in [6, 6.07) is 0. The van der Waals surface area contributed by atoms with Gasteiger partial charge in [0.25, 0.3) is 0 Å². The van der Waals surface area contributed by atoms with E-state index in [0.29, 0.717) is 0 Å². The smallest absolute Gasteiger partial charge is 0 e. The van der Waals surface area contributed by atoms with Gasteiger partial charge in [0.15, 0.2) is 0 Å². The van der Waals surface area contributed by atoms with E-state index in [9.17, 15) is 3.74 Å². The third-order valence-electron chi connectivity index (χ3n) is 0.238. The first-order chi connectivity index (χ1) is 2.56. The molecule has 0 aliphatic carbocycles. The SMILES string of the molecule is CO[As](=O)(O)O.[Na].[Na]. The van der Waals surface area contributed by atoms with Crippen LogP contribution in [0.2, 0.25) is 0 Å². The van der Waals surface area contributed by atoms with Crippen molar-refractivity contribution < 1.29 is 15.7 Å². The van der Waals surface area contributed by atoms with E-state index in [-0.39, 0.29) is 59.1 Å². The second-order valence-corrected chi connectivity index (χ2v) is 3.50. The molecular weight excluding hydrogens is 197 g/mol. The van der Waals surface area contributed by atoms with Crippen molar-refractivity contribution in [1.29, 1.82) is 0 Å². The largest absolute Gasteiger partial charge is 0 e.